The molecule has 1 aliphatic heterocycles. The number of benzene rings is 2. The van der Waals surface area contributed by atoms with Crippen molar-refractivity contribution in [2.75, 3.05) is 0 Å². The molecule has 0 fully saturated rings. The van der Waals surface area contributed by atoms with Crippen molar-refractivity contribution in [3.05, 3.63) is 76.6 Å². The summed E-state index contributed by atoms with van der Waals surface area (Å²) in [5.41, 5.74) is 6.30. The van der Waals surface area contributed by atoms with E-state index in [1.165, 1.54) is 11.1 Å². The molecule has 0 radical (unpaired) electrons. The molecular weight excluding hydrogens is 362 g/mol. The largest absolute Gasteiger partial charge is 0.352 e. The van der Waals surface area contributed by atoms with Gasteiger partial charge in [-0.1, -0.05) is 41.6 Å². The van der Waals surface area contributed by atoms with E-state index in [1.54, 1.807) is 4.68 Å². The van der Waals surface area contributed by atoms with E-state index in [1.807, 2.05) is 37.3 Å². The minimum absolute atomic E-state index is 0. The number of halogens is 1. The monoisotopic (exact) mass is 383 g/mol. The highest BCUT2D eigenvalue weighted by atomic mass is 35.5. The molecule has 27 heavy (non-hydrogen) atoms. The maximum Gasteiger partial charge on any atom is 0.226 e. The van der Waals surface area contributed by atoms with Gasteiger partial charge in [-0.15, -0.1) is 17.5 Å². The van der Waals surface area contributed by atoms with E-state index in [-0.39, 0.29) is 24.7 Å². The Bertz CT molecular complexity index is 939. The van der Waals surface area contributed by atoms with Crippen molar-refractivity contribution in [3.63, 3.8) is 0 Å². The lowest BCUT2D eigenvalue weighted by Gasteiger charge is -2.07. The number of nitrogens with one attached hydrogen (secondary N) is 2. The number of nitrogens with zero attached hydrogens (tertiary/aromatic N) is 3. The predicted molar refractivity (Wildman–Crippen MR) is 106 cm³/mol. The average Bonchev–Trinajstić information content (AvgIpc) is 3.27. The summed E-state index contributed by atoms with van der Waals surface area (Å²) in [6, 6.07) is 16.2. The van der Waals surface area contributed by atoms with Crippen LogP contribution in [0.25, 0.3) is 5.69 Å². The zero-order valence-corrected chi connectivity index (χ0v) is 15.9. The molecule has 1 aromatic heterocycles. The fourth-order valence-electron chi connectivity index (χ4n) is 3.21. The smallest absolute Gasteiger partial charge is 0.226 e. The molecule has 1 aliphatic rings. The Morgan fingerprint density at radius 2 is 1.93 bits per heavy atom. The maximum absolute atomic E-state index is 12.3. The molecule has 0 atom stereocenters. The van der Waals surface area contributed by atoms with Gasteiger partial charge < -0.3 is 10.6 Å². The first-order chi connectivity index (χ1) is 12.7. The van der Waals surface area contributed by atoms with Crippen molar-refractivity contribution in [3.8, 4) is 5.69 Å². The highest BCUT2D eigenvalue weighted by molar-refractivity contribution is 5.85. The van der Waals surface area contributed by atoms with Gasteiger partial charge in [0.05, 0.1) is 23.5 Å². The van der Waals surface area contributed by atoms with Gasteiger partial charge in [-0.2, -0.15) is 0 Å². The van der Waals surface area contributed by atoms with Crippen LogP contribution in [0.2, 0.25) is 0 Å². The SMILES string of the molecule is Cc1c(CC(=O)NCc2ccc3c(c2)CNC3)nnn1-c1ccccc1.Cl. The zero-order valence-electron chi connectivity index (χ0n) is 15.1. The van der Waals surface area contributed by atoms with Crippen molar-refractivity contribution < 1.29 is 4.79 Å². The maximum atomic E-state index is 12.3. The van der Waals surface area contributed by atoms with E-state index in [2.05, 4.69) is 39.1 Å². The van der Waals surface area contributed by atoms with Crippen LogP contribution >= 0.6 is 12.4 Å². The number of carbonyl (C=O) groups excluding carboxylic acids is 1. The summed E-state index contributed by atoms with van der Waals surface area (Å²) in [4.78, 5) is 12.3. The lowest BCUT2D eigenvalue weighted by molar-refractivity contribution is -0.120. The van der Waals surface area contributed by atoms with Crippen molar-refractivity contribution in [2.24, 2.45) is 0 Å². The first-order valence-corrected chi connectivity index (χ1v) is 8.75. The van der Waals surface area contributed by atoms with Crippen LogP contribution in [0, 0.1) is 6.92 Å². The summed E-state index contributed by atoms with van der Waals surface area (Å²) >= 11 is 0. The number of amides is 1. The summed E-state index contributed by atoms with van der Waals surface area (Å²) in [6.45, 7) is 4.29. The summed E-state index contributed by atoms with van der Waals surface area (Å²) in [5.74, 6) is -0.0492. The van der Waals surface area contributed by atoms with Gasteiger partial charge in [0.15, 0.2) is 0 Å². The first kappa shape index (κ1) is 19.1. The van der Waals surface area contributed by atoms with E-state index >= 15 is 0 Å². The van der Waals surface area contributed by atoms with Crippen LogP contribution in [0.5, 0.6) is 0 Å². The molecular formula is C20H22ClN5O. The molecule has 0 saturated heterocycles. The average molecular weight is 384 g/mol. The number of fused-ring (bicyclic) bond motifs is 1. The summed E-state index contributed by atoms with van der Waals surface area (Å²) in [5, 5.41) is 14.7. The molecule has 1 amide bonds. The minimum atomic E-state index is -0.0492. The van der Waals surface area contributed by atoms with Crippen LogP contribution in [-0.2, 0) is 30.8 Å². The highest BCUT2D eigenvalue weighted by Crippen LogP contribution is 2.17. The quantitative estimate of drug-likeness (QED) is 0.710. The second-order valence-corrected chi connectivity index (χ2v) is 6.53. The van der Waals surface area contributed by atoms with Gasteiger partial charge in [0.25, 0.3) is 0 Å². The number of hydrogen-bond acceptors (Lipinski definition) is 4. The summed E-state index contributed by atoms with van der Waals surface area (Å²) < 4.78 is 1.76. The molecule has 7 heteroatoms. The van der Waals surface area contributed by atoms with Crippen LogP contribution in [-0.4, -0.2) is 20.9 Å². The Morgan fingerprint density at radius 1 is 1.15 bits per heavy atom. The first-order valence-electron chi connectivity index (χ1n) is 8.75. The Labute approximate surface area is 164 Å². The van der Waals surface area contributed by atoms with Gasteiger partial charge >= 0.3 is 0 Å². The molecule has 0 saturated carbocycles. The molecule has 3 aromatic rings. The second kappa shape index (κ2) is 8.33. The van der Waals surface area contributed by atoms with E-state index in [4.69, 9.17) is 0 Å². The molecule has 2 heterocycles. The van der Waals surface area contributed by atoms with Crippen LogP contribution in [0.3, 0.4) is 0 Å². The fourth-order valence-corrected chi connectivity index (χ4v) is 3.21. The Hall–Kier alpha value is -2.70. The third-order valence-corrected chi connectivity index (χ3v) is 4.71. The molecule has 6 nitrogen and oxygen atoms in total. The number of rotatable bonds is 5. The van der Waals surface area contributed by atoms with Gasteiger partial charge in [0.2, 0.25) is 5.91 Å². The molecule has 0 aliphatic carbocycles. The number of para-hydroxylation sites is 1. The minimum Gasteiger partial charge on any atom is -0.352 e. The second-order valence-electron chi connectivity index (χ2n) is 6.53. The highest BCUT2D eigenvalue weighted by Gasteiger charge is 2.14. The van der Waals surface area contributed by atoms with E-state index in [0.29, 0.717) is 12.2 Å². The van der Waals surface area contributed by atoms with Gasteiger partial charge in [-0.05, 0) is 35.7 Å². The molecule has 140 valence electrons. The van der Waals surface area contributed by atoms with Crippen molar-refractivity contribution >= 4 is 18.3 Å². The molecule has 0 bridgehead atoms. The molecule has 0 spiro atoms. The lowest BCUT2D eigenvalue weighted by Crippen LogP contribution is -2.25. The Kier molecular flexibility index (Phi) is 5.88. The van der Waals surface area contributed by atoms with E-state index in [9.17, 15) is 4.79 Å². The topological polar surface area (TPSA) is 71.8 Å². The van der Waals surface area contributed by atoms with Crippen LogP contribution in [0.1, 0.15) is 28.1 Å². The Morgan fingerprint density at radius 3 is 2.74 bits per heavy atom. The van der Waals surface area contributed by atoms with Crippen molar-refractivity contribution in [2.45, 2.75) is 33.0 Å². The zero-order chi connectivity index (χ0) is 17.9. The molecule has 2 aromatic carbocycles. The predicted octanol–water partition coefficient (Wildman–Crippen LogP) is 2.46. The van der Waals surface area contributed by atoms with E-state index < -0.39 is 0 Å². The van der Waals surface area contributed by atoms with Crippen LogP contribution in [0.15, 0.2) is 48.5 Å². The third kappa shape index (κ3) is 4.18. The summed E-state index contributed by atoms with van der Waals surface area (Å²) in [6.07, 6.45) is 0.227. The standard InChI is InChI=1S/C20H21N5O.ClH/c1-14-19(23-24-25(14)18-5-3-2-4-6-18)10-20(26)22-11-15-7-8-16-12-21-13-17(16)9-15;/h2-9,21H,10-13H2,1H3,(H,22,26);1H. The lowest BCUT2D eigenvalue weighted by atomic mass is 10.1. The molecule has 2 N–H and O–H groups in total. The molecule has 0 unspecified atom stereocenters. The van der Waals surface area contributed by atoms with Gasteiger partial charge in [0.1, 0.15) is 0 Å². The van der Waals surface area contributed by atoms with Crippen LogP contribution < -0.4 is 10.6 Å². The van der Waals surface area contributed by atoms with Gasteiger partial charge in [0, 0.05) is 19.6 Å². The van der Waals surface area contributed by atoms with E-state index in [0.717, 1.165) is 30.0 Å². The number of hydrogen-bond donors (Lipinski definition) is 2. The Balaban J connectivity index is 0.00000210. The van der Waals surface area contributed by atoms with Crippen molar-refractivity contribution in [1.82, 2.24) is 25.6 Å². The third-order valence-electron chi connectivity index (χ3n) is 4.71. The number of aromatic nitrogens is 3. The summed E-state index contributed by atoms with van der Waals surface area (Å²) in [7, 11) is 0. The molecule has 4 rings (SSSR count). The number of carbonyl (C=O) groups is 1. The van der Waals surface area contributed by atoms with Crippen LogP contribution in [0.4, 0.5) is 0 Å². The normalized spacial score (nSPS) is 12.3. The van der Waals surface area contributed by atoms with Gasteiger partial charge in [-0.3, -0.25) is 4.79 Å². The van der Waals surface area contributed by atoms with Gasteiger partial charge in [-0.25, -0.2) is 4.68 Å². The fraction of sp³-hybridized carbons (Fsp3) is 0.250. The van der Waals surface area contributed by atoms with Crippen molar-refractivity contribution in [1.29, 1.82) is 0 Å².